The van der Waals surface area contributed by atoms with Gasteiger partial charge in [0.25, 0.3) is 5.91 Å². The zero-order chi connectivity index (χ0) is 30.4. The lowest BCUT2D eigenvalue weighted by Gasteiger charge is -2.23. The van der Waals surface area contributed by atoms with E-state index < -0.39 is 0 Å². The second kappa shape index (κ2) is 16.6. The summed E-state index contributed by atoms with van der Waals surface area (Å²) in [4.78, 5) is 26.4. The molecular weight excluding hydrogens is 564 g/mol. The molecule has 0 spiro atoms. The Kier molecular flexibility index (Phi) is 11.8. The second-order valence-electron chi connectivity index (χ2n) is 10.6. The van der Waals surface area contributed by atoms with E-state index in [1.807, 2.05) is 30.3 Å². The maximum Gasteiger partial charge on any atom is 0.251 e. The van der Waals surface area contributed by atoms with E-state index in [2.05, 4.69) is 36.2 Å². The quantitative estimate of drug-likeness (QED) is 0.143. The van der Waals surface area contributed by atoms with Crippen LogP contribution in [0.5, 0.6) is 11.5 Å². The van der Waals surface area contributed by atoms with E-state index in [0.717, 1.165) is 35.5 Å². The summed E-state index contributed by atoms with van der Waals surface area (Å²) in [5.41, 5.74) is 7.89. The van der Waals surface area contributed by atoms with Gasteiger partial charge in [-0.15, -0.1) is 0 Å². The van der Waals surface area contributed by atoms with Crippen LogP contribution in [0.4, 0.5) is 17.8 Å². The largest absolute Gasteiger partial charge is 0.454 e. The first-order chi connectivity index (χ1) is 21.7. The van der Waals surface area contributed by atoms with Gasteiger partial charge in [0, 0.05) is 43.3 Å². The number of hydrogen-bond acceptors (Lipinski definition) is 12. The van der Waals surface area contributed by atoms with Crippen molar-refractivity contribution in [3.05, 3.63) is 59.2 Å². The number of aromatic nitrogens is 3. The number of fused-ring (bicyclic) bond motifs is 1. The van der Waals surface area contributed by atoms with E-state index in [4.69, 9.17) is 24.7 Å². The number of hydrogen-bond donors (Lipinski definition) is 5. The van der Waals surface area contributed by atoms with E-state index in [9.17, 15) is 4.79 Å². The summed E-state index contributed by atoms with van der Waals surface area (Å²) in [6.45, 7) is 3.95. The van der Waals surface area contributed by atoms with Crippen molar-refractivity contribution in [2.24, 2.45) is 5.73 Å². The number of carbonyl (C=O) groups excluding carboxylic acids is 1. The molecule has 1 aliphatic heterocycles. The molecule has 44 heavy (non-hydrogen) atoms. The summed E-state index contributed by atoms with van der Waals surface area (Å²) in [6, 6.07) is 13.6. The van der Waals surface area contributed by atoms with Crippen LogP contribution in [0.3, 0.4) is 0 Å². The first-order valence-electron chi connectivity index (χ1n) is 15.3. The first-order valence-corrected chi connectivity index (χ1v) is 15.3. The van der Waals surface area contributed by atoms with Crippen molar-refractivity contribution in [1.29, 1.82) is 0 Å². The summed E-state index contributed by atoms with van der Waals surface area (Å²) in [5.74, 6) is 2.77. The van der Waals surface area contributed by atoms with E-state index >= 15 is 0 Å². The molecule has 6 N–H and O–H groups in total. The number of carbonyl (C=O) groups is 1. The number of ether oxygens (including phenoxy) is 4. The molecule has 1 saturated carbocycles. The van der Waals surface area contributed by atoms with Crippen molar-refractivity contribution >= 4 is 23.8 Å². The molecule has 2 aliphatic rings. The number of para-hydroxylation sites is 1. The highest BCUT2D eigenvalue weighted by molar-refractivity contribution is 5.94. The van der Waals surface area contributed by atoms with E-state index in [1.165, 1.54) is 19.3 Å². The van der Waals surface area contributed by atoms with Gasteiger partial charge in [0.15, 0.2) is 11.5 Å². The fraction of sp³-hybridized carbons (Fsp3) is 0.484. The molecule has 3 aromatic rings. The number of nitrogens with two attached hydrogens (primary N) is 1. The third kappa shape index (κ3) is 9.40. The molecule has 2 aromatic carbocycles. The van der Waals surface area contributed by atoms with Gasteiger partial charge in [-0.3, -0.25) is 4.79 Å². The van der Waals surface area contributed by atoms with Crippen LogP contribution in [0.25, 0.3) is 0 Å². The lowest BCUT2D eigenvalue weighted by molar-refractivity contribution is 0.0511. The maximum atomic E-state index is 12.5. The SMILES string of the molecule is NCCOCCOCCNC(=O)c1ccc(CNc2nc(NCc3cccc4c3OCO4)nc(NC3CCCCC3)n2)cc1. The van der Waals surface area contributed by atoms with Crippen LogP contribution >= 0.6 is 0 Å². The molecule has 0 radical (unpaired) electrons. The summed E-state index contributed by atoms with van der Waals surface area (Å²) in [5, 5.41) is 13.0. The van der Waals surface area contributed by atoms with Crippen LogP contribution < -0.4 is 36.5 Å². The predicted molar refractivity (Wildman–Crippen MR) is 167 cm³/mol. The molecule has 1 aliphatic carbocycles. The van der Waals surface area contributed by atoms with Gasteiger partial charge in [0.05, 0.1) is 26.4 Å². The smallest absolute Gasteiger partial charge is 0.251 e. The average Bonchev–Trinajstić information content (AvgIpc) is 3.54. The topological polar surface area (TPSA) is 167 Å². The molecule has 1 amide bonds. The second-order valence-corrected chi connectivity index (χ2v) is 10.6. The number of nitrogens with one attached hydrogen (secondary N) is 4. The van der Waals surface area contributed by atoms with E-state index in [-0.39, 0.29) is 12.7 Å². The van der Waals surface area contributed by atoms with Gasteiger partial charge in [0.1, 0.15) is 0 Å². The number of amides is 1. The molecule has 0 atom stereocenters. The minimum atomic E-state index is -0.153. The zero-order valence-corrected chi connectivity index (χ0v) is 25.0. The van der Waals surface area contributed by atoms with Gasteiger partial charge in [-0.1, -0.05) is 43.5 Å². The van der Waals surface area contributed by atoms with Crippen LogP contribution in [0.1, 0.15) is 53.6 Å². The predicted octanol–water partition coefficient (Wildman–Crippen LogP) is 3.29. The van der Waals surface area contributed by atoms with Crippen molar-refractivity contribution in [1.82, 2.24) is 20.3 Å². The van der Waals surface area contributed by atoms with Gasteiger partial charge in [-0.25, -0.2) is 0 Å². The Balaban J connectivity index is 1.15. The number of rotatable bonds is 17. The number of anilines is 3. The van der Waals surface area contributed by atoms with Crippen LogP contribution in [0, 0.1) is 0 Å². The molecule has 0 bridgehead atoms. The van der Waals surface area contributed by atoms with Crippen molar-refractivity contribution < 1.29 is 23.7 Å². The summed E-state index contributed by atoms with van der Waals surface area (Å²) >= 11 is 0. The Morgan fingerprint density at radius 2 is 1.57 bits per heavy atom. The van der Waals surface area contributed by atoms with Crippen LogP contribution in [0.15, 0.2) is 42.5 Å². The molecule has 2 heterocycles. The van der Waals surface area contributed by atoms with Gasteiger partial charge in [-0.2, -0.15) is 15.0 Å². The summed E-state index contributed by atoms with van der Waals surface area (Å²) < 4.78 is 21.8. The van der Waals surface area contributed by atoms with E-state index in [0.29, 0.717) is 82.1 Å². The Morgan fingerprint density at radius 3 is 2.34 bits per heavy atom. The Labute approximate surface area is 257 Å². The number of benzene rings is 2. The highest BCUT2D eigenvalue weighted by atomic mass is 16.7. The van der Waals surface area contributed by atoms with Gasteiger partial charge < -0.3 is 45.9 Å². The molecule has 0 saturated heterocycles. The lowest BCUT2D eigenvalue weighted by Crippen LogP contribution is -2.27. The summed E-state index contributed by atoms with van der Waals surface area (Å²) in [7, 11) is 0. The first kappa shape index (κ1) is 31.2. The van der Waals surface area contributed by atoms with Crippen LogP contribution in [0.2, 0.25) is 0 Å². The fourth-order valence-electron chi connectivity index (χ4n) is 5.03. The molecular formula is C31H42N8O5. The third-order valence-corrected chi connectivity index (χ3v) is 7.32. The van der Waals surface area contributed by atoms with Gasteiger partial charge in [0.2, 0.25) is 24.6 Å². The Hall–Kier alpha value is -4.20. The fourth-order valence-corrected chi connectivity index (χ4v) is 5.03. The minimum absolute atomic E-state index is 0.153. The molecule has 236 valence electrons. The average molecular weight is 607 g/mol. The van der Waals surface area contributed by atoms with Crippen LogP contribution in [-0.4, -0.2) is 73.2 Å². The van der Waals surface area contributed by atoms with Crippen molar-refractivity contribution in [2.45, 2.75) is 51.2 Å². The maximum absolute atomic E-state index is 12.5. The molecule has 1 fully saturated rings. The zero-order valence-electron chi connectivity index (χ0n) is 25.0. The third-order valence-electron chi connectivity index (χ3n) is 7.32. The standard InChI is InChI=1S/C31H42N8O5/c32-13-15-41-17-18-42-16-14-33-28(40)23-11-9-22(10-12-23)19-34-29-37-30(39-31(38-29)36-25-6-2-1-3-7-25)35-20-24-5-4-8-26-27(24)44-21-43-26/h4-5,8-12,25H,1-3,6-7,13-21,32H2,(H,33,40)(H3,34,35,36,37,38,39). The molecule has 5 rings (SSSR count). The Morgan fingerprint density at radius 1 is 0.841 bits per heavy atom. The molecule has 0 unspecified atom stereocenters. The van der Waals surface area contributed by atoms with Crippen molar-refractivity contribution in [3.8, 4) is 11.5 Å². The van der Waals surface area contributed by atoms with Crippen LogP contribution in [-0.2, 0) is 22.6 Å². The lowest BCUT2D eigenvalue weighted by atomic mass is 9.96. The summed E-state index contributed by atoms with van der Waals surface area (Å²) in [6.07, 6.45) is 5.87. The normalized spacial score (nSPS) is 14.3. The van der Waals surface area contributed by atoms with Gasteiger partial charge in [-0.05, 0) is 36.6 Å². The Bertz CT molecular complexity index is 1340. The molecule has 1 aromatic heterocycles. The van der Waals surface area contributed by atoms with Gasteiger partial charge >= 0.3 is 0 Å². The number of nitrogens with zero attached hydrogens (tertiary/aromatic N) is 3. The van der Waals surface area contributed by atoms with Crippen molar-refractivity contribution in [2.75, 3.05) is 62.3 Å². The molecule has 13 nitrogen and oxygen atoms in total. The van der Waals surface area contributed by atoms with Crippen molar-refractivity contribution in [3.63, 3.8) is 0 Å². The highest BCUT2D eigenvalue weighted by Gasteiger charge is 2.19. The highest BCUT2D eigenvalue weighted by Crippen LogP contribution is 2.35. The van der Waals surface area contributed by atoms with E-state index in [1.54, 1.807) is 12.1 Å². The molecule has 13 heteroatoms. The monoisotopic (exact) mass is 606 g/mol. The minimum Gasteiger partial charge on any atom is -0.454 e.